The minimum Gasteiger partial charge on any atom is -0.309 e. The number of sulfonamides is 1. The zero-order chi connectivity index (χ0) is 14.9. The molecule has 0 amide bonds. The number of nitrogens with one attached hydrogen (secondary N) is 2. The van der Waals surface area contributed by atoms with E-state index in [1.807, 2.05) is 0 Å². The zero-order valence-electron chi connectivity index (χ0n) is 12.5. The first-order valence-corrected chi connectivity index (χ1v) is 10.1. The molecule has 2 fully saturated rings. The van der Waals surface area contributed by atoms with Crippen molar-refractivity contribution < 1.29 is 8.42 Å². The third kappa shape index (κ3) is 4.06. The standard InChI is InChI=1S/C15H24N2O2S2/c1-15(6-2-3-7-15)11-17-21(18,19)14-8-13(20-10-14)9-16-12-4-5-12/h8,10,12,16-17H,2-7,9,11H2,1H3. The van der Waals surface area contributed by atoms with Crippen LogP contribution in [0.15, 0.2) is 16.3 Å². The highest BCUT2D eigenvalue weighted by Gasteiger charge is 2.30. The van der Waals surface area contributed by atoms with Gasteiger partial charge >= 0.3 is 0 Å². The molecular weight excluding hydrogens is 304 g/mol. The highest BCUT2D eigenvalue weighted by Crippen LogP contribution is 2.37. The maximum absolute atomic E-state index is 12.4. The average molecular weight is 329 g/mol. The summed E-state index contributed by atoms with van der Waals surface area (Å²) < 4.78 is 27.5. The summed E-state index contributed by atoms with van der Waals surface area (Å²) in [5.41, 5.74) is 0.138. The molecule has 3 rings (SSSR count). The van der Waals surface area contributed by atoms with Gasteiger partial charge in [-0.3, -0.25) is 0 Å². The molecule has 2 saturated carbocycles. The lowest BCUT2D eigenvalue weighted by atomic mass is 9.89. The van der Waals surface area contributed by atoms with Crippen LogP contribution in [-0.4, -0.2) is 21.0 Å². The molecule has 0 bridgehead atoms. The minimum atomic E-state index is -3.36. The van der Waals surface area contributed by atoms with E-state index in [0.29, 0.717) is 17.5 Å². The van der Waals surface area contributed by atoms with Gasteiger partial charge < -0.3 is 5.32 Å². The van der Waals surface area contributed by atoms with Crippen LogP contribution in [0.4, 0.5) is 0 Å². The van der Waals surface area contributed by atoms with Crippen LogP contribution in [0.2, 0.25) is 0 Å². The Kier molecular flexibility index (Phi) is 4.41. The van der Waals surface area contributed by atoms with E-state index in [0.717, 1.165) is 24.3 Å². The maximum atomic E-state index is 12.4. The highest BCUT2D eigenvalue weighted by atomic mass is 32.2. The minimum absolute atomic E-state index is 0.138. The molecule has 1 heterocycles. The summed E-state index contributed by atoms with van der Waals surface area (Å²) in [6.07, 6.45) is 7.17. The number of hydrogen-bond acceptors (Lipinski definition) is 4. The normalized spacial score (nSPS) is 21.8. The van der Waals surface area contributed by atoms with Gasteiger partial charge in [-0.25, -0.2) is 13.1 Å². The molecule has 0 aliphatic heterocycles. The van der Waals surface area contributed by atoms with Crippen LogP contribution >= 0.6 is 11.3 Å². The molecule has 2 N–H and O–H groups in total. The van der Waals surface area contributed by atoms with Crippen LogP contribution in [0.5, 0.6) is 0 Å². The molecule has 0 spiro atoms. The predicted octanol–water partition coefficient (Wildman–Crippen LogP) is 2.86. The van der Waals surface area contributed by atoms with Crippen LogP contribution in [0.25, 0.3) is 0 Å². The van der Waals surface area contributed by atoms with E-state index < -0.39 is 10.0 Å². The van der Waals surface area contributed by atoms with Crippen molar-refractivity contribution >= 4 is 21.4 Å². The summed E-state index contributed by atoms with van der Waals surface area (Å²) in [4.78, 5) is 1.51. The van der Waals surface area contributed by atoms with Gasteiger partial charge in [-0.1, -0.05) is 19.8 Å². The first-order valence-electron chi connectivity index (χ1n) is 7.77. The van der Waals surface area contributed by atoms with Crippen molar-refractivity contribution in [3.05, 3.63) is 16.3 Å². The molecule has 4 nitrogen and oxygen atoms in total. The van der Waals surface area contributed by atoms with Crippen LogP contribution in [0.3, 0.4) is 0 Å². The Bertz CT molecular complexity index is 585. The first-order chi connectivity index (χ1) is 9.97. The van der Waals surface area contributed by atoms with Crippen molar-refractivity contribution in [1.29, 1.82) is 0 Å². The molecule has 0 aromatic carbocycles. The Morgan fingerprint density at radius 2 is 2.05 bits per heavy atom. The number of hydrogen-bond donors (Lipinski definition) is 2. The van der Waals surface area contributed by atoms with Crippen LogP contribution in [-0.2, 0) is 16.6 Å². The Balaban J connectivity index is 1.58. The number of thiophene rings is 1. The molecule has 21 heavy (non-hydrogen) atoms. The molecule has 2 aliphatic rings. The van der Waals surface area contributed by atoms with E-state index in [1.165, 1.54) is 37.0 Å². The second kappa shape index (κ2) is 5.99. The van der Waals surface area contributed by atoms with Crippen LogP contribution in [0.1, 0.15) is 50.3 Å². The molecule has 118 valence electrons. The van der Waals surface area contributed by atoms with E-state index in [-0.39, 0.29) is 5.41 Å². The van der Waals surface area contributed by atoms with E-state index in [1.54, 1.807) is 11.4 Å². The van der Waals surface area contributed by atoms with Crippen molar-refractivity contribution in [2.24, 2.45) is 5.41 Å². The second-order valence-electron chi connectivity index (χ2n) is 6.75. The fourth-order valence-corrected chi connectivity index (χ4v) is 5.31. The van der Waals surface area contributed by atoms with Gasteiger partial charge in [0.2, 0.25) is 10.0 Å². The van der Waals surface area contributed by atoms with E-state index in [9.17, 15) is 8.42 Å². The third-order valence-corrected chi connectivity index (χ3v) is 7.05. The number of rotatable bonds is 7. The van der Waals surface area contributed by atoms with Gasteiger partial charge in [0.15, 0.2) is 0 Å². The first kappa shape index (κ1) is 15.5. The van der Waals surface area contributed by atoms with E-state index >= 15 is 0 Å². The summed E-state index contributed by atoms with van der Waals surface area (Å²) >= 11 is 1.52. The smallest absolute Gasteiger partial charge is 0.241 e. The highest BCUT2D eigenvalue weighted by molar-refractivity contribution is 7.89. The average Bonchev–Trinajstić information content (AvgIpc) is 2.97. The Morgan fingerprint density at radius 3 is 2.71 bits per heavy atom. The van der Waals surface area contributed by atoms with Crippen LogP contribution < -0.4 is 10.0 Å². The zero-order valence-corrected chi connectivity index (χ0v) is 14.2. The van der Waals surface area contributed by atoms with E-state index in [4.69, 9.17) is 0 Å². The van der Waals surface area contributed by atoms with Crippen molar-refractivity contribution in [3.8, 4) is 0 Å². The summed E-state index contributed by atoms with van der Waals surface area (Å²) in [5, 5.41) is 5.17. The molecule has 0 radical (unpaired) electrons. The maximum Gasteiger partial charge on any atom is 0.241 e. The summed E-state index contributed by atoms with van der Waals surface area (Å²) in [6.45, 7) is 3.52. The van der Waals surface area contributed by atoms with Gasteiger partial charge in [-0.05, 0) is 37.2 Å². The monoisotopic (exact) mass is 328 g/mol. The Hall–Kier alpha value is -0.430. The lowest BCUT2D eigenvalue weighted by molar-refractivity contribution is 0.336. The molecule has 0 unspecified atom stereocenters. The fraction of sp³-hybridized carbons (Fsp3) is 0.733. The second-order valence-corrected chi connectivity index (χ2v) is 9.51. The van der Waals surface area contributed by atoms with Gasteiger partial charge in [-0.15, -0.1) is 11.3 Å². The lowest BCUT2D eigenvalue weighted by Crippen LogP contribution is -2.33. The summed E-state index contributed by atoms with van der Waals surface area (Å²) in [5.74, 6) is 0. The Morgan fingerprint density at radius 1 is 1.33 bits per heavy atom. The third-order valence-electron chi connectivity index (χ3n) is 4.58. The molecule has 1 aromatic rings. The topological polar surface area (TPSA) is 58.2 Å². The van der Waals surface area contributed by atoms with Gasteiger partial charge in [0, 0.05) is 29.4 Å². The van der Waals surface area contributed by atoms with Gasteiger partial charge in [0.1, 0.15) is 0 Å². The van der Waals surface area contributed by atoms with Gasteiger partial charge in [0.05, 0.1) is 4.90 Å². The molecule has 6 heteroatoms. The van der Waals surface area contributed by atoms with Gasteiger partial charge in [0.25, 0.3) is 0 Å². The molecule has 0 atom stereocenters. The van der Waals surface area contributed by atoms with Crippen molar-refractivity contribution in [1.82, 2.24) is 10.0 Å². The quantitative estimate of drug-likeness (QED) is 0.809. The van der Waals surface area contributed by atoms with Crippen LogP contribution in [0, 0.1) is 5.41 Å². The van der Waals surface area contributed by atoms with Gasteiger partial charge in [-0.2, -0.15) is 0 Å². The summed E-state index contributed by atoms with van der Waals surface area (Å²) in [6, 6.07) is 2.45. The molecule has 0 saturated heterocycles. The van der Waals surface area contributed by atoms with Crippen molar-refractivity contribution in [2.75, 3.05) is 6.54 Å². The predicted molar refractivity (Wildman–Crippen MR) is 85.9 cm³/mol. The lowest BCUT2D eigenvalue weighted by Gasteiger charge is -2.23. The molecule has 1 aromatic heterocycles. The molecular formula is C15H24N2O2S2. The largest absolute Gasteiger partial charge is 0.309 e. The van der Waals surface area contributed by atoms with Crippen molar-refractivity contribution in [3.63, 3.8) is 0 Å². The SMILES string of the molecule is CC1(CNS(=O)(=O)c2csc(CNC3CC3)c2)CCCC1. The Labute approximate surface area is 131 Å². The fourth-order valence-electron chi connectivity index (χ4n) is 2.88. The molecule has 2 aliphatic carbocycles. The summed E-state index contributed by atoms with van der Waals surface area (Å²) in [7, 11) is -3.36. The van der Waals surface area contributed by atoms with E-state index in [2.05, 4.69) is 17.0 Å². The van der Waals surface area contributed by atoms with Crippen molar-refractivity contribution in [2.45, 2.75) is 62.9 Å².